The zero-order chi connectivity index (χ0) is 12.8. The number of hydrogen-bond acceptors (Lipinski definition) is 2. The molecule has 1 aromatic rings. The van der Waals surface area contributed by atoms with Crippen LogP contribution in [0.1, 0.15) is 25.0 Å². The number of rotatable bonds is 4. The lowest BCUT2D eigenvalue weighted by atomic mass is 9.98. The normalized spacial score (nSPS) is 12.9. The molecular formula is C15H19NO. The minimum Gasteiger partial charge on any atom is -0.506 e. The number of aliphatic hydroxyl groups excluding tert-OH is 1. The molecule has 0 bridgehead atoms. The van der Waals surface area contributed by atoms with Crippen LogP contribution in [0.3, 0.4) is 0 Å². The van der Waals surface area contributed by atoms with Gasteiger partial charge in [0.25, 0.3) is 0 Å². The molecule has 0 unspecified atom stereocenters. The minimum atomic E-state index is -0.00352. The van der Waals surface area contributed by atoms with E-state index in [1.54, 1.807) is 0 Å². The Morgan fingerprint density at radius 2 is 1.94 bits per heavy atom. The molecule has 0 aliphatic rings. The van der Waals surface area contributed by atoms with Gasteiger partial charge in [-0.1, -0.05) is 50.3 Å². The van der Waals surface area contributed by atoms with Crippen LogP contribution in [-0.4, -0.2) is 11.3 Å². The summed E-state index contributed by atoms with van der Waals surface area (Å²) in [5, 5.41) is 17.0. The highest BCUT2D eigenvalue weighted by atomic mass is 16.3. The van der Waals surface area contributed by atoms with E-state index < -0.39 is 0 Å². The number of aryl methyl sites for hydroxylation is 1. The summed E-state index contributed by atoms with van der Waals surface area (Å²) in [4.78, 5) is 0. The van der Waals surface area contributed by atoms with Crippen LogP contribution in [0.5, 0.6) is 0 Å². The third-order valence-electron chi connectivity index (χ3n) is 2.50. The first-order valence-electron chi connectivity index (χ1n) is 5.74. The van der Waals surface area contributed by atoms with E-state index >= 15 is 0 Å². The zero-order valence-electron chi connectivity index (χ0n) is 10.6. The molecule has 0 aliphatic carbocycles. The standard InChI is InChI=1S/C15H19NO/c1-11(2)8-9-14(15(17)10-16)13-7-5-4-6-12(13)3/h4-11,16-17H,1-3H3/b9-8-,15-14-,16-10?. The van der Waals surface area contributed by atoms with E-state index in [1.165, 1.54) is 0 Å². The molecule has 0 amide bonds. The van der Waals surface area contributed by atoms with Gasteiger partial charge in [0.2, 0.25) is 0 Å². The Morgan fingerprint density at radius 3 is 2.47 bits per heavy atom. The van der Waals surface area contributed by atoms with E-state index in [4.69, 9.17) is 5.41 Å². The highest BCUT2D eigenvalue weighted by molar-refractivity contribution is 5.91. The highest BCUT2D eigenvalue weighted by Gasteiger charge is 2.06. The smallest absolute Gasteiger partial charge is 0.140 e. The molecule has 0 fully saturated rings. The van der Waals surface area contributed by atoms with Gasteiger partial charge >= 0.3 is 0 Å². The van der Waals surface area contributed by atoms with Gasteiger partial charge in [-0.3, -0.25) is 0 Å². The molecule has 0 aromatic heterocycles. The quantitative estimate of drug-likeness (QED) is 0.455. The maximum absolute atomic E-state index is 9.79. The Hall–Kier alpha value is -1.83. The highest BCUT2D eigenvalue weighted by Crippen LogP contribution is 2.22. The van der Waals surface area contributed by atoms with Crippen molar-refractivity contribution in [3.8, 4) is 0 Å². The van der Waals surface area contributed by atoms with Gasteiger partial charge in [-0.2, -0.15) is 0 Å². The molecule has 90 valence electrons. The molecule has 0 heterocycles. The largest absolute Gasteiger partial charge is 0.506 e. The van der Waals surface area contributed by atoms with Crippen molar-refractivity contribution in [2.45, 2.75) is 20.8 Å². The first-order valence-corrected chi connectivity index (χ1v) is 5.74. The van der Waals surface area contributed by atoms with Crippen molar-refractivity contribution in [3.63, 3.8) is 0 Å². The van der Waals surface area contributed by atoms with Gasteiger partial charge in [0.15, 0.2) is 0 Å². The third-order valence-corrected chi connectivity index (χ3v) is 2.50. The summed E-state index contributed by atoms with van der Waals surface area (Å²) in [5.41, 5.74) is 2.75. The molecule has 0 saturated heterocycles. The predicted molar refractivity (Wildman–Crippen MR) is 73.5 cm³/mol. The summed E-state index contributed by atoms with van der Waals surface area (Å²) in [6.07, 6.45) is 4.88. The van der Waals surface area contributed by atoms with Crippen molar-refractivity contribution in [3.05, 3.63) is 53.3 Å². The lowest BCUT2D eigenvalue weighted by Gasteiger charge is -2.08. The summed E-state index contributed by atoms with van der Waals surface area (Å²) in [6.45, 7) is 6.15. The van der Waals surface area contributed by atoms with Gasteiger partial charge in [0, 0.05) is 5.57 Å². The van der Waals surface area contributed by atoms with Crippen LogP contribution < -0.4 is 0 Å². The third kappa shape index (κ3) is 3.59. The Balaban J connectivity index is 3.27. The number of allylic oxidation sites excluding steroid dienone is 4. The summed E-state index contributed by atoms with van der Waals surface area (Å²) >= 11 is 0. The van der Waals surface area contributed by atoms with Gasteiger partial charge in [-0.15, -0.1) is 0 Å². The molecule has 0 aliphatic heterocycles. The molecule has 0 radical (unpaired) electrons. The maximum Gasteiger partial charge on any atom is 0.140 e. The van der Waals surface area contributed by atoms with Crippen molar-refractivity contribution >= 4 is 11.8 Å². The van der Waals surface area contributed by atoms with E-state index in [-0.39, 0.29) is 5.76 Å². The van der Waals surface area contributed by atoms with E-state index in [9.17, 15) is 5.11 Å². The van der Waals surface area contributed by atoms with E-state index in [1.807, 2.05) is 43.3 Å². The van der Waals surface area contributed by atoms with Crippen LogP contribution in [0, 0.1) is 18.3 Å². The van der Waals surface area contributed by atoms with Gasteiger partial charge < -0.3 is 10.5 Å². The molecule has 0 spiro atoms. The van der Waals surface area contributed by atoms with Gasteiger partial charge in [0.05, 0.1) is 6.21 Å². The number of benzene rings is 1. The van der Waals surface area contributed by atoms with E-state index in [0.29, 0.717) is 11.5 Å². The van der Waals surface area contributed by atoms with Crippen molar-refractivity contribution < 1.29 is 5.11 Å². The van der Waals surface area contributed by atoms with Gasteiger partial charge in [-0.25, -0.2) is 0 Å². The number of hydrogen-bond donors (Lipinski definition) is 2. The second-order valence-corrected chi connectivity index (χ2v) is 4.36. The summed E-state index contributed by atoms with van der Waals surface area (Å²) in [7, 11) is 0. The molecule has 1 aromatic carbocycles. The SMILES string of the molecule is Cc1ccccc1C(/C=C\C(C)C)=C(\O)C=N. The summed E-state index contributed by atoms with van der Waals surface area (Å²) in [5.74, 6) is 0.406. The molecule has 2 nitrogen and oxygen atoms in total. The molecule has 0 saturated carbocycles. The van der Waals surface area contributed by atoms with Crippen LogP contribution in [0.15, 0.2) is 42.2 Å². The Morgan fingerprint density at radius 1 is 1.29 bits per heavy atom. The maximum atomic E-state index is 9.79. The van der Waals surface area contributed by atoms with Gasteiger partial charge in [-0.05, 0) is 24.0 Å². The van der Waals surface area contributed by atoms with Crippen molar-refractivity contribution in [2.75, 3.05) is 0 Å². The second kappa shape index (κ2) is 6.04. The molecule has 0 atom stereocenters. The second-order valence-electron chi connectivity index (χ2n) is 4.36. The Labute approximate surface area is 103 Å². The topological polar surface area (TPSA) is 44.1 Å². The van der Waals surface area contributed by atoms with Crippen LogP contribution in [-0.2, 0) is 0 Å². The Bertz CT molecular complexity index is 456. The number of aliphatic hydroxyl groups is 1. The molecule has 2 heteroatoms. The lowest BCUT2D eigenvalue weighted by Crippen LogP contribution is -1.93. The zero-order valence-corrected chi connectivity index (χ0v) is 10.6. The summed E-state index contributed by atoms with van der Waals surface area (Å²) in [6, 6.07) is 7.84. The van der Waals surface area contributed by atoms with E-state index in [0.717, 1.165) is 17.3 Å². The van der Waals surface area contributed by atoms with Crippen LogP contribution in [0.2, 0.25) is 0 Å². The molecule has 17 heavy (non-hydrogen) atoms. The van der Waals surface area contributed by atoms with Crippen molar-refractivity contribution in [2.24, 2.45) is 5.92 Å². The average molecular weight is 229 g/mol. The predicted octanol–water partition coefficient (Wildman–Crippen LogP) is 4.13. The first kappa shape index (κ1) is 13.2. The van der Waals surface area contributed by atoms with Crippen molar-refractivity contribution in [1.82, 2.24) is 0 Å². The molecule has 2 N–H and O–H groups in total. The van der Waals surface area contributed by atoms with Crippen LogP contribution in [0.25, 0.3) is 5.57 Å². The van der Waals surface area contributed by atoms with Crippen molar-refractivity contribution in [1.29, 1.82) is 5.41 Å². The molecule has 1 rings (SSSR count). The minimum absolute atomic E-state index is 0.00352. The van der Waals surface area contributed by atoms with Gasteiger partial charge in [0.1, 0.15) is 5.76 Å². The summed E-state index contributed by atoms with van der Waals surface area (Å²) < 4.78 is 0. The van der Waals surface area contributed by atoms with E-state index in [2.05, 4.69) is 13.8 Å². The average Bonchev–Trinajstić information content (AvgIpc) is 2.30. The van der Waals surface area contributed by atoms with Crippen LogP contribution >= 0.6 is 0 Å². The Kier molecular flexibility index (Phi) is 4.70. The monoisotopic (exact) mass is 229 g/mol. The fourth-order valence-electron chi connectivity index (χ4n) is 1.55. The fraction of sp³-hybridized carbons (Fsp3) is 0.267. The number of nitrogens with one attached hydrogen (secondary N) is 1. The van der Waals surface area contributed by atoms with Crippen LogP contribution in [0.4, 0.5) is 0 Å². The fourth-order valence-corrected chi connectivity index (χ4v) is 1.55. The lowest BCUT2D eigenvalue weighted by molar-refractivity contribution is 0.449. The molecular weight excluding hydrogens is 210 g/mol. The first-order chi connectivity index (χ1) is 8.06.